The second-order valence-electron chi connectivity index (χ2n) is 6.75. The summed E-state index contributed by atoms with van der Waals surface area (Å²) in [5.74, 6) is 0.682. The first-order chi connectivity index (χ1) is 12.7. The highest BCUT2D eigenvalue weighted by Crippen LogP contribution is 2.44. The summed E-state index contributed by atoms with van der Waals surface area (Å²) in [7, 11) is 2.17. The molecule has 2 aliphatic rings. The predicted octanol–water partition coefficient (Wildman–Crippen LogP) is 4.77. The highest BCUT2D eigenvalue weighted by molar-refractivity contribution is 7.15. The Morgan fingerprint density at radius 3 is 2.74 bits per heavy atom. The summed E-state index contributed by atoms with van der Waals surface area (Å²) in [4.78, 5) is 16.4. The van der Waals surface area contributed by atoms with Gasteiger partial charge in [0.2, 0.25) is 0 Å². The van der Waals surface area contributed by atoms with E-state index < -0.39 is 0 Å². The number of halogens is 1. The molecular weight excluding hydrogens is 382 g/mol. The van der Waals surface area contributed by atoms with E-state index >= 15 is 0 Å². The maximum atomic E-state index is 12.2. The molecule has 0 unspecified atom stereocenters. The van der Waals surface area contributed by atoms with Gasteiger partial charge in [0.15, 0.2) is 0 Å². The Morgan fingerprint density at radius 2 is 2.00 bits per heavy atom. The van der Waals surface area contributed by atoms with Gasteiger partial charge in [-0.3, -0.25) is 0 Å². The standard InChI is InChI=1S/C21H23NO3S.ClH/c1-3-24-21(23)18-12-15-13-25-17-7-5-4-6-16(17)19(20(15)26-18)14-8-10-22(2)11-9-14;/h4-7,12H,3,8-11,13H2,1-2H3;1H. The quantitative estimate of drug-likeness (QED) is 0.675. The van der Waals surface area contributed by atoms with Gasteiger partial charge < -0.3 is 14.4 Å². The summed E-state index contributed by atoms with van der Waals surface area (Å²) in [6.45, 7) is 4.84. The third-order valence-corrected chi connectivity index (χ3v) is 6.17. The zero-order valence-electron chi connectivity index (χ0n) is 15.6. The summed E-state index contributed by atoms with van der Waals surface area (Å²) < 4.78 is 11.3. The lowest BCUT2D eigenvalue weighted by atomic mass is 9.91. The van der Waals surface area contributed by atoms with Crippen LogP contribution in [0.25, 0.3) is 5.57 Å². The molecule has 0 bridgehead atoms. The Labute approximate surface area is 170 Å². The largest absolute Gasteiger partial charge is 0.488 e. The molecule has 0 atom stereocenters. The summed E-state index contributed by atoms with van der Waals surface area (Å²) in [5.41, 5.74) is 4.94. The van der Waals surface area contributed by atoms with Gasteiger partial charge in [0.05, 0.1) is 6.61 Å². The van der Waals surface area contributed by atoms with Crippen molar-refractivity contribution in [1.82, 2.24) is 4.90 Å². The fraction of sp³-hybridized carbons (Fsp3) is 0.381. The molecule has 2 aromatic rings. The van der Waals surface area contributed by atoms with E-state index in [4.69, 9.17) is 9.47 Å². The zero-order chi connectivity index (χ0) is 18.1. The first-order valence-electron chi connectivity index (χ1n) is 9.10. The molecule has 4 rings (SSSR count). The number of hydrogen-bond acceptors (Lipinski definition) is 5. The van der Waals surface area contributed by atoms with Crippen LogP contribution < -0.4 is 4.74 Å². The molecule has 4 nitrogen and oxygen atoms in total. The number of piperidine rings is 1. The van der Waals surface area contributed by atoms with Gasteiger partial charge in [0, 0.05) is 34.7 Å². The Balaban J connectivity index is 0.00000210. The smallest absolute Gasteiger partial charge is 0.348 e. The van der Waals surface area contributed by atoms with Crippen LogP contribution in [0.5, 0.6) is 5.75 Å². The van der Waals surface area contributed by atoms with Crippen molar-refractivity contribution < 1.29 is 14.3 Å². The molecule has 0 aliphatic carbocycles. The Kier molecular flexibility index (Phi) is 6.25. The van der Waals surface area contributed by atoms with Gasteiger partial charge in [0.1, 0.15) is 17.2 Å². The Morgan fingerprint density at radius 1 is 1.26 bits per heavy atom. The van der Waals surface area contributed by atoms with E-state index in [-0.39, 0.29) is 18.4 Å². The van der Waals surface area contributed by atoms with Crippen molar-refractivity contribution in [2.75, 3.05) is 26.7 Å². The number of hydrogen-bond donors (Lipinski definition) is 0. The molecule has 0 N–H and O–H groups in total. The van der Waals surface area contributed by atoms with Gasteiger partial charge in [0.25, 0.3) is 0 Å². The van der Waals surface area contributed by atoms with Crippen molar-refractivity contribution in [3.63, 3.8) is 0 Å². The number of fused-ring (bicyclic) bond motifs is 2. The van der Waals surface area contributed by atoms with Crippen LogP contribution in [-0.4, -0.2) is 37.6 Å². The number of nitrogens with zero attached hydrogens (tertiary/aromatic N) is 1. The fourth-order valence-electron chi connectivity index (χ4n) is 3.62. The van der Waals surface area contributed by atoms with Crippen LogP contribution in [0.2, 0.25) is 0 Å². The molecule has 0 amide bonds. The number of carbonyl (C=O) groups excluding carboxylic acids is 1. The highest BCUT2D eigenvalue weighted by atomic mass is 35.5. The molecule has 1 aromatic heterocycles. The molecule has 0 spiro atoms. The van der Waals surface area contributed by atoms with E-state index in [1.165, 1.54) is 22.5 Å². The van der Waals surface area contributed by atoms with Crippen molar-refractivity contribution in [2.45, 2.75) is 26.4 Å². The van der Waals surface area contributed by atoms with E-state index in [1.54, 1.807) is 0 Å². The van der Waals surface area contributed by atoms with Crippen molar-refractivity contribution in [2.24, 2.45) is 0 Å². The van der Waals surface area contributed by atoms with Crippen LogP contribution in [0.4, 0.5) is 0 Å². The molecule has 0 radical (unpaired) electrons. The molecule has 2 aliphatic heterocycles. The minimum Gasteiger partial charge on any atom is -0.488 e. The fourth-order valence-corrected chi connectivity index (χ4v) is 4.79. The Bertz CT molecular complexity index is 864. The van der Waals surface area contributed by atoms with Gasteiger partial charge in [-0.1, -0.05) is 23.8 Å². The van der Waals surface area contributed by atoms with Crippen molar-refractivity contribution in [1.29, 1.82) is 0 Å². The number of likely N-dealkylation sites (tertiary alicyclic amines) is 1. The van der Waals surface area contributed by atoms with Crippen LogP contribution >= 0.6 is 23.7 Å². The monoisotopic (exact) mass is 405 g/mol. The van der Waals surface area contributed by atoms with Crippen LogP contribution in [0, 0.1) is 0 Å². The van der Waals surface area contributed by atoms with Crippen molar-refractivity contribution in [3.8, 4) is 5.75 Å². The molecule has 1 fully saturated rings. The Hall–Kier alpha value is -1.82. The number of rotatable bonds is 2. The van der Waals surface area contributed by atoms with Crippen LogP contribution in [0.3, 0.4) is 0 Å². The lowest BCUT2D eigenvalue weighted by Gasteiger charge is -2.26. The van der Waals surface area contributed by atoms with E-state index in [9.17, 15) is 4.79 Å². The van der Waals surface area contributed by atoms with E-state index in [1.807, 2.05) is 25.1 Å². The molecule has 6 heteroatoms. The number of para-hydroxylation sites is 1. The summed E-state index contributed by atoms with van der Waals surface area (Å²) >= 11 is 1.54. The SMILES string of the molecule is CCOC(=O)c1cc2c(s1)C(=C1CCN(C)CC1)c1ccccc1OC2.Cl. The molecule has 0 saturated carbocycles. The minimum atomic E-state index is -0.244. The number of carbonyl (C=O) groups is 1. The topological polar surface area (TPSA) is 38.8 Å². The highest BCUT2D eigenvalue weighted by Gasteiger charge is 2.27. The summed E-state index contributed by atoms with van der Waals surface area (Å²) in [6, 6.07) is 10.2. The molecule has 1 saturated heterocycles. The predicted molar refractivity (Wildman–Crippen MR) is 111 cm³/mol. The maximum Gasteiger partial charge on any atom is 0.348 e. The third kappa shape index (κ3) is 3.91. The van der Waals surface area contributed by atoms with Crippen LogP contribution in [-0.2, 0) is 11.3 Å². The first kappa shape index (κ1) is 19.9. The van der Waals surface area contributed by atoms with Gasteiger partial charge >= 0.3 is 5.97 Å². The lowest BCUT2D eigenvalue weighted by molar-refractivity contribution is 0.0532. The normalized spacial score (nSPS) is 16.5. The summed E-state index contributed by atoms with van der Waals surface area (Å²) in [5, 5.41) is 0. The van der Waals surface area contributed by atoms with Crippen molar-refractivity contribution >= 4 is 35.3 Å². The number of thiophene rings is 1. The average molecular weight is 406 g/mol. The second kappa shape index (κ2) is 8.46. The molecule has 27 heavy (non-hydrogen) atoms. The average Bonchev–Trinajstić information content (AvgIpc) is 3.00. The first-order valence-corrected chi connectivity index (χ1v) is 9.92. The van der Waals surface area contributed by atoms with Gasteiger partial charge in [-0.05, 0) is 38.9 Å². The van der Waals surface area contributed by atoms with Crippen molar-refractivity contribution in [3.05, 3.63) is 56.8 Å². The van der Waals surface area contributed by atoms with Crippen LogP contribution in [0.15, 0.2) is 35.9 Å². The second-order valence-corrected chi connectivity index (χ2v) is 7.80. The zero-order valence-corrected chi connectivity index (χ0v) is 17.3. The van der Waals surface area contributed by atoms with E-state index in [0.717, 1.165) is 47.7 Å². The molecule has 3 heterocycles. The third-order valence-electron chi connectivity index (χ3n) is 5.00. The van der Waals surface area contributed by atoms with E-state index in [2.05, 4.69) is 24.1 Å². The minimum absolute atomic E-state index is 0. The van der Waals surface area contributed by atoms with Gasteiger partial charge in [-0.25, -0.2) is 4.79 Å². The van der Waals surface area contributed by atoms with E-state index in [0.29, 0.717) is 18.1 Å². The van der Waals surface area contributed by atoms with Gasteiger partial charge in [-0.2, -0.15) is 0 Å². The van der Waals surface area contributed by atoms with Gasteiger partial charge in [-0.15, -0.1) is 23.7 Å². The van der Waals surface area contributed by atoms with Crippen LogP contribution in [0.1, 0.15) is 45.4 Å². The summed E-state index contributed by atoms with van der Waals surface area (Å²) in [6.07, 6.45) is 2.10. The molecule has 144 valence electrons. The number of ether oxygens (including phenoxy) is 2. The lowest BCUT2D eigenvalue weighted by Crippen LogP contribution is -2.26. The maximum absolute atomic E-state index is 12.2. The number of benzene rings is 1. The number of esters is 1. The molecule has 1 aromatic carbocycles. The molecular formula is C21H24ClNO3S.